The van der Waals surface area contributed by atoms with E-state index in [1.807, 2.05) is 31.2 Å². The number of aryl methyl sites for hydroxylation is 4. The molecule has 0 unspecified atom stereocenters. The minimum atomic E-state index is -0.190. The molecule has 0 saturated heterocycles. The second-order valence-corrected chi connectivity index (χ2v) is 7.73. The van der Waals surface area contributed by atoms with Gasteiger partial charge in [-0.25, -0.2) is 0 Å². The van der Waals surface area contributed by atoms with Crippen molar-refractivity contribution < 1.29 is 4.79 Å². The molecule has 1 aliphatic rings. The van der Waals surface area contributed by atoms with Gasteiger partial charge in [0, 0.05) is 35.1 Å². The van der Waals surface area contributed by atoms with Crippen LogP contribution in [0.1, 0.15) is 45.8 Å². The second kappa shape index (κ2) is 7.28. The lowest BCUT2D eigenvalue weighted by Crippen LogP contribution is -2.19. The van der Waals surface area contributed by atoms with Crippen LogP contribution in [0.15, 0.2) is 48.5 Å². The molecule has 6 nitrogen and oxygen atoms in total. The molecule has 4 aromatic rings. The van der Waals surface area contributed by atoms with Gasteiger partial charge in [-0.1, -0.05) is 35.9 Å². The van der Waals surface area contributed by atoms with Gasteiger partial charge in [0.15, 0.2) is 5.82 Å². The third-order valence-electron chi connectivity index (χ3n) is 5.87. The zero-order valence-corrected chi connectivity index (χ0v) is 16.5. The van der Waals surface area contributed by atoms with Crippen molar-refractivity contribution in [2.24, 2.45) is 0 Å². The van der Waals surface area contributed by atoms with E-state index in [2.05, 4.69) is 44.4 Å². The lowest BCUT2D eigenvalue weighted by atomic mass is 9.95. The largest absolute Gasteiger partial charge is 0.344 e. The van der Waals surface area contributed by atoms with Crippen LogP contribution in [-0.4, -0.2) is 30.7 Å². The van der Waals surface area contributed by atoms with Crippen LogP contribution >= 0.6 is 0 Å². The van der Waals surface area contributed by atoms with E-state index in [1.54, 1.807) is 0 Å². The monoisotopic (exact) mass is 385 g/mol. The van der Waals surface area contributed by atoms with Gasteiger partial charge in [0.25, 0.3) is 5.91 Å². The van der Waals surface area contributed by atoms with Gasteiger partial charge in [0.2, 0.25) is 0 Å². The second-order valence-electron chi connectivity index (χ2n) is 7.73. The zero-order chi connectivity index (χ0) is 19.8. The van der Waals surface area contributed by atoms with Crippen LogP contribution in [0.25, 0.3) is 10.9 Å². The Balaban J connectivity index is 1.44. The molecule has 1 aliphatic carbocycles. The fourth-order valence-electron chi connectivity index (χ4n) is 4.39. The molecule has 0 spiro atoms. The number of nitrogens with zero attached hydrogens (tertiary/aromatic N) is 5. The Morgan fingerprint density at radius 2 is 1.83 bits per heavy atom. The van der Waals surface area contributed by atoms with Crippen molar-refractivity contribution in [3.8, 4) is 0 Å². The lowest BCUT2D eigenvalue weighted by molar-refractivity contribution is 0.0939. The van der Waals surface area contributed by atoms with E-state index in [0.717, 1.165) is 24.9 Å². The number of hydrogen-bond acceptors (Lipinski definition) is 4. The Morgan fingerprint density at radius 3 is 2.69 bits per heavy atom. The Labute approximate surface area is 169 Å². The van der Waals surface area contributed by atoms with Crippen LogP contribution in [0.3, 0.4) is 0 Å². The summed E-state index contributed by atoms with van der Waals surface area (Å²) in [6.07, 6.45) is 5.34. The van der Waals surface area contributed by atoms with Gasteiger partial charge in [-0.3, -0.25) is 4.79 Å². The van der Waals surface area contributed by atoms with E-state index in [1.165, 1.54) is 39.7 Å². The van der Waals surface area contributed by atoms with Gasteiger partial charge >= 0.3 is 0 Å². The van der Waals surface area contributed by atoms with Crippen molar-refractivity contribution >= 4 is 16.8 Å². The fraction of sp³-hybridized carbons (Fsp3) is 0.304. The standard InChI is InChI=1S/C23H23N5O/c1-16-10-12-17(13-11-16)23(29)28-22(24-25-26-28)14-15-27-20-8-4-2-6-18(20)19-7-3-5-9-21(19)27/h2,4,6,8,10-13H,3,5,7,9,14-15H2,1H3. The first-order chi connectivity index (χ1) is 14.2. The summed E-state index contributed by atoms with van der Waals surface area (Å²) in [6, 6.07) is 16.1. The highest BCUT2D eigenvalue weighted by atomic mass is 16.2. The number of tetrazole rings is 1. The molecular weight excluding hydrogens is 362 g/mol. The topological polar surface area (TPSA) is 65.6 Å². The van der Waals surface area contributed by atoms with Gasteiger partial charge in [-0.05, 0) is 66.8 Å². The molecule has 0 saturated carbocycles. The molecule has 0 N–H and O–H groups in total. The van der Waals surface area contributed by atoms with E-state index in [4.69, 9.17) is 0 Å². The maximum absolute atomic E-state index is 12.9. The highest BCUT2D eigenvalue weighted by molar-refractivity contribution is 5.95. The van der Waals surface area contributed by atoms with E-state index in [0.29, 0.717) is 17.8 Å². The van der Waals surface area contributed by atoms with Gasteiger partial charge in [0.1, 0.15) is 0 Å². The van der Waals surface area contributed by atoms with Crippen molar-refractivity contribution in [2.75, 3.05) is 0 Å². The number of rotatable bonds is 4. The first-order valence-electron chi connectivity index (χ1n) is 10.2. The number of fused-ring (bicyclic) bond motifs is 3. The fourth-order valence-corrected chi connectivity index (χ4v) is 4.39. The molecule has 2 aromatic heterocycles. The predicted molar refractivity (Wildman–Crippen MR) is 111 cm³/mol. The first kappa shape index (κ1) is 17.8. The molecule has 0 atom stereocenters. The van der Waals surface area contributed by atoms with Crippen molar-refractivity contribution in [1.29, 1.82) is 0 Å². The van der Waals surface area contributed by atoms with Crippen LogP contribution in [0, 0.1) is 6.92 Å². The zero-order valence-electron chi connectivity index (χ0n) is 16.5. The van der Waals surface area contributed by atoms with E-state index < -0.39 is 0 Å². The van der Waals surface area contributed by atoms with Crippen molar-refractivity contribution in [3.63, 3.8) is 0 Å². The maximum atomic E-state index is 12.9. The molecule has 6 heteroatoms. The number of carbonyl (C=O) groups is 1. The molecule has 0 fully saturated rings. The summed E-state index contributed by atoms with van der Waals surface area (Å²) in [4.78, 5) is 12.9. The highest BCUT2D eigenvalue weighted by Crippen LogP contribution is 2.32. The lowest BCUT2D eigenvalue weighted by Gasteiger charge is -2.16. The summed E-state index contributed by atoms with van der Waals surface area (Å²) in [5, 5.41) is 13.2. The van der Waals surface area contributed by atoms with Crippen LogP contribution in [0.5, 0.6) is 0 Å². The van der Waals surface area contributed by atoms with Crippen molar-refractivity contribution in [3.05, 3.63) is 76.7 Å². The summed E-state index contributed by atoms with van der Waals surface area (Å²) >= 11 is 0. The third-order valence-corrected chi connectivity index (χ3v) is 5.87. The maximum Gasteiger partial charge on any atom is 0.281 e. The Kier molecular flexibility index (Phi) is 4.46. The molecule has 2 aromatic carbocycles. The summed E-state index contributed by atoms with van der Waals surface area (Å²) in [7, 11) is 0. The smallest absolute Gasteiger partial charge is 0.281 e. The summed E-state index contributed by atoms with van der Waals surface area (Å²) in [5.41, 5.74) is 5.89. The molecule has 29 heavy (non-hydrogen) atoms. The van der Waals surface area contributed by atoms with E-state index >= 15 is 0 Å². The minimum Gasteiger partial charge on any atom is -0.344 e. The SMILES string of the molecule is Cc1ccc(C(=O)n2nnnc2CCn2c3c(c4ccccc42)CCCC3)cc1. The van der Waals surface area contributed by atoms with Crippen LogP contribution in [0.2, 0.25) is 0 Å². The average Bonchev–Trinajstić information content (AvgIpc) is 3.35. The number of hydrogen-bond donors (Lipinski definition) is 0. The molecule has 146 valence electrons. The van der Waals surface area contributed by atoms with Crippen molar-refractivity contribution in [1.82, 2.24) is 24.8 Å². The minimum absolute atomic E-state index is 0.190. The number of carbonyl (C=O) groups excluding carboxylic acids is 1. The first-order valence-corrected chi connectivity index (χ1v) is 10.2. The molecule has 0 amide bonds. The van der Waals surface area contributed by atoms with E-state index in [9.17, 15) is 4.79 Å². The van der Waals surface area contributed by atoms with Gasteiger partial charge < -0.3 is 4.57 Å². The molecular formula is C23H23N5O. The molecule has 0 bridgehead atoms. The average molecular weight is 385 g/mol. The normalized spacial score (nSPS) is 13.6. The van der Waals surface area contributed by atoms with Gasteiger partial charge in [-0.2, -0.15) is 4.68 Å². The van der Waals surface area contributed by atoms with E-state index in [-0.39, 0.29) is 5.91 Å². The Hall–Kier alpha value is -3.28. The quantitative estimate of drug-likeness (QED) is 0.502. The Bertz CT molecular complexity index is 1190. The predicted octanol–water partition coefficient (Wildman–Crippen LogP) is 3.75. The molecule has 0 radical (unpaired) electrons. The molecule has 0 aliphatic heterocycles. The number of aromatic nitrogens is 5. The van der Waals surface area contributed by atoms with Crippen LogP contribution in [-0.2, 0) is 25.8 Å². The van der Waals surface area contributed by atoms with Gasteiger partial charge in [-0.15, -0.1) is 5.10 Å². The number of benzene rings is 2. The third kappa shape index (κ3) is 3.14. The summed E-state index contributed by atoms with van der Waals surface area (Å²) < 4.78 is 3.74. The Morgan fingerprint density at radius 1 is 1.03 bits per heavy atom. The summed E-state index contributed by atoms with van der Waals surface area (Å²) in [5.74, 6) is 0.405. The molecule has 2 heterocycles. The van der Waals surface area contributed by atoms with Gasteiger partial charge in [0.05, 0.1) is 0 Å². The number of para-hydroxylation sites is 1. The van der Waals surface area contributed by atoms with Crippen molar-refractivity contribution in [2.45, 2.75) is 45.6 Å². The van der Waals surface area contributed by atoms with Crippen LogP contribution in [0.4, 0.5) is 0 Å². The van der Waals surface area contributed by atoms with Crippen LogP contribution < -0.4 is 0 Å². The summed E-state index contributed by atoms with van der Waals surface area (Å²) in [6.45, 7) is 2.76. The molecule has 5 rings (SSSR count). The highest BCUT2D eigenvalue weighted by Gasteiger charge is 2.21.